The van der Waals surface area contributed by atoms with Gasteiger partial charge in [0.2, 0.25) is 0 Å². The van der Waals surface area contributed by atoms with Crippen LogP contribution >= 0.6 is 11.8 Å². The van der Waals surface area contributed by atoms with Crippen molar-refractivity contribution < 1.29 is 4.39 Å². The molecule has 0 fully saturated rings. The molecule has 0 heterocycles. The van der Waals surface area contributed by atoms with Crippen LogP contribution in [0.15, 0.2) is 23.2 Å². The summed E-state index contributed by atoms with van der Waals surface area (Å²) >= 11 is 1.69. The van der Waals surface area contributed by atoms with Crippen molar-refractivity contribution in [3.05, 3.63) is 35.1 Å². The van der Waals surface area contributed by atoms with Crippen LogP contribution in [0.2, 0.25) is 0 Å². The Kier molecular flexibility index (Phi) is 8.56. The Balaban J connectivity index is 2.61. The molecule has 0 bridgehead atoms. The largest absolute Gasteiger partial charge is 0.356 e. The number of guanidine groups is 1. The monoisotopic (exact) mass is 354 g/mol. The van der Waals surface area contributed by atoms with Gasteiger partial charge in [-0.3, -0.25) is 4.99 Å². The molecular weight excluding hydrogens is 323 g/mol. The second-order valence-electron chi connectivity index (χ2n) is 7.03. The van der Waals surface area contributed by atoms with Crippen LogP contribution in [0.5, 0.6) is 0 Å². The van der Waals surface area contributed by atoms with Gasteiger partial charge in [0.05, 0.1) is 0 Å². The first-order valence-corrected chi connectivity index (χ1v) is 9.52. The minimum atomic E-state index is -0.184. The first kappa shape index (κ1) is 20.8. The van der Waals surface area contributed by atoms with Gasteiger partial charge in [0.1, 0.15) is 5.82 Å². The lowest BCUT2D eigenvalue weighted by atomic mass is 9.93. The second kappa shape index (κ2) is 9.89. The smallest absolute Gasteiger partial charge is 0.191 e. The quantitative estimate of drug-likeness (QED) is 0.556. The predicted octanol–water partition coefficient (Wildman–Crippen LogP) is 2.94. The first-order valence-electron chi connectivity index (χ1n) is 8.13. The maximum atomic E-state index is 13.4. The van der Waals surface area contributed by atoms with E-state index in [0.717, 1.165) is 35.9 Å². The molecule has 0 unspecified atom stereocenters. The van der Waals surface area contributed by atoms with Crippen LogP contribution in [0.25, 0.3) is 0 Å². The highest BCUT2D eigenvalue weighted by atomic mass is 32.2. The summed E-state index contributed by atoms with van der Waals surface area (Å²) in [5.74, 6) is 1.38. The third-order valence-electron chi connectivity index (χ3n) is 3.62. The number of thioether (sulfide) groups is 1. The minimum absolute atomic E-state index is 0.140. The molecule has 2 N–H and O–H groups in total. The molecule has 1 aromatic rings. The first-order chi connectivity index (χ1) is 11.3. The van der Waals surface area contributed by atoms with Gasteiger partial charge in [0.25, 0.3) is 0 Å². The third-order valence-corrected chi connectivity index (χ3v) is 4.22. The van der Waals surface area contributed by atoms with Crippen LogP contribution in [0.4, 0.5) is 4.39 Å². The Labute approximate surface area is 150 Å². The molecule has 4 nitrogen and oxygen atoms in total. The summed E-state index contributed by atoms with van der Waals surface area (Å²) < 4.78 is 13.4. The number of nitrogens with one attached hydrogen (secondary N) is 2. The summed E-state index contributed by atoms with van der Waals surface area (Å²) in [4.78, 5) is 6.47. The summed E-state index contributed by atoms with van der Waals surface area (Å²) in [5.41, 5.74) is 2.26. The summed E-state index contributed by atoms with van der Waals surface area (Å²) in [6.07, 6.45) is 2.02. The van der Waals surface area contributed by atoms with E-state index in [1.165, 1.54) is 6.07 Å². The zero-order chi connectivity index (χ0) is 18.2. The number of nitrogens with zero attached hydrogens (tertiary/aromatic N) is 2. The van der Waals surface area contributed by atoms with Crippen LogP contribution in [0.3, 0.4) is 0 Å². The molecule has 1 aromatic carbocycles. The molecule has 0 spiro atoms. The Morgan fingerprint density at radius 2 is 1.96 bits per heavy atom. The van der Waals surface area contributed by atoms with Gasteiger partial charge >= 0.3 is 0 Å². The van der Waals surface area contributed by atoms with E-state index < -0.39 is 0 Å². The molecule has 0 amide bonds. The Bertz CT molecular complexity index is 544. The van der Waals surface area contributed by atoms with Crippen LogP contribution in [-0.4, -0.2) is 51.3 Å². The molecule has 136 valence electrons. The summed E-state index contributed by atoms with van der Waals surface area (Å²) in [6.45, 7) is 6.90. The van der Waals surface area contributed by atoms with Crippen LogP contribution < -0.4 is 10.6 Å². The van der Waals surface area contributed by atoms with Gasteiger partial charge in [-0.15, -0.1) is 0 Å². The van der Waals surface area contributed by atoms with Gasteiger partial charge in [0, 0.05) is 32.4 Å². The number of benzene rings is 1. The Hall–Kier alpha value is -1.27. The Morgan fingerprint density at radius 3 is 2.54 bits per heavy atom. The molecule has 0 aliphatic heterocycles. The average molecular weight is 355 g/mol. The van der Waals surface area contributed by atoms with E-state index in [9.17, 15) is 4.39 Å². The van der Waals surface area contributed by atoms with Crippen LogP contribution in [0, 0.1) is 11.2 Å². The van der Waals surface area contributed by atoms with Crippen molar-refractivity contribution >= 4 is 17.7 Å². The fourth-order valence-corrected chi connectivity index (χ4v) is 3.27. The van der Waals surface area contributed by atoms with E-state index in [-0.39, 0.29) is 11.2 Å². The highest BCUT2D eigenvalue weighted by Crippen LogP contribution is 2.17. The summed E-state index contributed by atoms with van der Waals surface area (Å²) in [7, 11) is 5.93. The topological polar surface area (TPSA) is 39.7 Å². The van der Waals surface area contributed by atoms with E-state index in [4.69, 9.17) is 0 Å². The Morgan fingerprint density at radius 1 is 1.25 bits per heavy atom. The molecule has 24 heavy (non-hydrogen) atoms. The van der Waals surface area contributed by atoms with Crippen LogP contribution in [-0.2, 0) is 12.3 Å². The standard InChI is InChI=1S/C18H31FN4S/c1-18(2,13-23(4)5)12-22-17(20-3)21-10-14-7-8-16(19)9-15(14)11-24-6/h7-9H,10-13H2,1-6H3,(H2,20,21,22). The van der Waals surface area contributed by atoms with Crippen molar-refractivity contribution in [2.24, 2.45) is 10.4 Å². The number of hydrogen-bond donors (Lipinski definition) is 2. The van der Waals surface area contributed by atoms with Gasteiger partial charge < -0.3 is 15.5 Å². The predicted molar refractivity (Wildman–Crippen MR) is 104 cm³/mol. The lowest BCUT2D eigenvalue weighted by Gasteiger charge is -2.29. The summed E-state index contributed by atoms with van der Waals surface area (Å²) in [5, 5.41) is 6.70. The van der Waals surface area contributed by atoms with Gasteiger partial charge in [-0.25, -0.2) is 4.39 Å². The van der Waals surface area contributed by atoms with Gasteiger partial charge in [-0.05, 0) is 49.0 Å². The van der Waals surface area contributed by atoms with E-state index in [0.29, 0.717) is 6.54 Å². The number of halogens is 1. The number of hydrogen-bond acceptors (Lipinski definition) is 3. The molecule has 0 aliphatic carbocycles. The van der Waals surface area contributed by atoms with E-state index >= 15 is 0 Å². The minimum Gasteiger partial charge on any atom is -0.356 e. The lowest BCUT2D eigenvalue weighted by Crippen LogP contribution is -2.44. The lowest BCUT2D eigenvalue weighted by molar-refractivity contribution is 0.241. The van der Waals surface area contributed by atoms with Gasteiger partial charge in [0.15, 0.2) is 5.96 Å². The average Bonchev–Trinajstić information content (AvgIpc) is 2.48. The number of rotatable bonds is 8. The van der Waals surface area contributed by atoms with Gasteiger partial charge in [-0.1, -0.05) is 19.9 Å². The van der Waals surface area contributed by atoms with Crippen molar-refractivity contribution in [1.29, 1.82) is 0 Å². The fourth-order valence-electron chi connectivity index (χ4n) is 2.69. The molecule has 0 aromatic heterocycles. The molecule has 0 atom stereocenters. The molecule has 1 rings (SSSR count). The van der Waals surface area contributed by atoms with Crippen molar-refractivity contribution in [3.63, 3.8) is 0 Å². The fraction of sp³-hybridized carbons (Fsp3) is 0.611. The molecule has 0 saturated heterocycles. The van der Waals surface area contributed by atoms with Gasteiger partial charge in [-0.2, -0.15) is 11.8 Å². The van der Waals surface area contributed by atoms with Crippen molar-refractivity contribution in [2.75, 3.05) is 40.5 Å². The van der Waals surface area contributed by atoms with Crippen molar-refractivity contribution in [1.82, 2.24) is 15.5 Å². The zero-order valence-corrected chi connectivity index (χ0v) is 16.6. The van der Waals surface area contributed by atoms with Crippen molar-refractivity contribution in [3.8, 4) is 0 Å². The van der Waals surface area contributed by atoms with Crippen LogP contribution in [0.1, 0.15) is 25.0 Å². The maximum Gasteiger partial charge on any atom is 0.191 e. The number of aliphatic imine (C=N–C) groups is 1. The second-order valence-corrected chi connectivity index (χ2v) is 7.89. The maximum absolute atomic E-state index is 13.4. The molecule has 0 saturated carbocycles. The van der Waals surface area contributed by atoms with E-state index in [1.54, 1.807) is 24.9 Å². The SMILES string of the molecule is CN=C(NCc1ccc(F)cc1CSC)NCC(C)(C)CN(C)C. The highest BCUT2D eigenvalue weighted by Gasteiger charge is 2.19. The normalized spacial score (nSPS) is 12.6. The van der Waals surface area contributed by atoms with E-state index in [2.05, 4.69) is 48.5 Å². The molecular formula is C18H31FN4S. The third kappa shape index (κ3) is 7.53. The molecule has 6 heteroatoms. The molecule has 0 radical (unpaired) electrons. The zero-order valence-electron chi connectivity index (χ0n) is 15.7. The van der Waals surface area contributed by atoms with Crippen molar-refractivity contribution in [2.45, 2.75) is 26.1 Å². The summed E-state index contributed by atoms with van der Waals surface area (Å²) in [6, 6.07) is 4.97. The highest BCUT2D eigenvalue weighted by molar-refractivity contribution is 7.97. The van der Waals surface area contributed by atoms with E-state index in [1.807, 2.05) is 12.3 Å². The molecule has 0 aliphatic rings.